The molecule has 0 aliphatic rings. The van der Waals surface area contributed by atoms with Gasteiger partial charge in [-0.2, -0.15) is 4.21 Å². The summed E-state index contributed by atoms with van der Waals surface area (Å²) in [6.07, 6.45) is 0.936. The van der Waals surface area contributed by atoms with Crippen molar-refractivity contribution in [3.63, 3.8) is 0 Å². The van der Waals surface area contributed by atoms with Gasteiger partial charge in [-0.1, -0.05) is 35.9 Å². The topological polar surface area (TPSA) is 108 Å². The van der Waals surface area contributed by atoms with Crippen LogP contribution in [-0.4, -0.2) is 22.2 Å². The lowest BCUT2D eigenvalue weighted by molar-refractivity contribution is 0.227. The lowest BCUT2D eigenvalue weighted by atomic mass is 10.1. The van der Waals surface area contributed by atoms with Crippen molar-refractivity contribution in [1.29, 1.82) is 0 Å². The molecule has 2 aromatic carbocycles. The molecule has 0 amide bonds. The van der Waals surface area contributed by atoms with E-state index in [9.17, 15) is 12.6 Å². The molecule has 0 fully saturated rings. The molecular formula is C16H15ClN2O5S2. The molecule has 2 unspecified atom stereocenters. The summed E-state index contributed by atoms with van der Waals surface area (Å²) in [5.41, 5.74) is 1.54. The molecule has 7 nitrogen and oxygen atoms in total. The molecule has 0 aliphatic carbocycles. The molecular weight excluding hydrogens is 400 g/mol. The zero-order valence-electron chi connectivity index (χ0n) is 13.5. The van der Waals surface area contributed by atoms with Crippen LogP contribution in [0.5, 0.6) is 0 Å². The summed E-state index contributed by atoms with van der Waals surface area (Å²) in [6, 6.07) is 11.0. The maximum Gasteiger partial charge on any atom is 0.302 e. The molecule has 10 heteroatoms. The van der Waals surface area contributed by atoms with Crippen molar-refractivity contribution < 1.29 is 21.4 Å². The van der Waals surface area contributed by atoms with E-state index in [0.29, 0.717) is 27.2 Å². The summed E-state index contributed by atoms with van der Waals surface area (Å²) in [6.45, 7) is 1.59. The molecule has 26 heavy (non-hydrogen) atoms. The highest BCUT2D eigenvalue weighted by atomic mass is 35.5. The first kappa shape index (κ1) is 18.9. The van der Waals surface area contributed by atoms with Crippen molar-refractivity contribution in [2.75, 3.05) is 4.72 Å². The SMILES string of the molecule is CC(OS(=O)O)c1ccc(S(=O)(=O)Nc2cccc3c(Cl)c[nH]c23)cc1. The monoisotopic (exact) mass is 414 g/mol. The second-order valence-corrected chi connectivity index (χ2v) is 8.21. The fourth-order valence-electron chi connectivity index (χ4n) is 2.51. The van der Waals surface area contributed by atoms with Gasteiger partial charge in [0.15, 0.2) is 0 Å². The van der Waals surface area contributed by atoms with Gasteiger partial charge in [0, 0.05) is 11.6 Å². The van der Waals surface area contributed by atoms with Crippen LogP contribution >= 0.6 is 11.6 Å². The van der Waals surface area contributed by atoms with Crippen LogP contribution in [0, 0.1) is 0 Å². The molecule has 3 aromatic rings. The molecule has 3 N–H and O–H groups in total. The van der Waals surface area contributed by atoms with Gasteiger partial charge in [-0.15, -0.1) is 0 Å². The van der Waals surface area contributed by atoms with Crippen molar-refractivity contribution in [3.8, 4) is 0 Å². The van der Waals surface area contributed by atoms with Crippen molar-refractivity contribution in [2.45, 2.75) is 17.9 Å². The third-order valence-corrected chi connectivity index (χ3v) is 5.94. The van der Waals surface area contributed by atoms with Crippen LogP contribution in [0.4, 0.5) is 5.69 Å². The molecule has 1 aromatic heterocycles. The minimum atomic E-state index is -3.82. The molecule has 2 atom stereocenters. The van der Waals surface area contributed by atoms with Gasteiger partial charge in [0.1, 0.15) is 0 Å². The van der Waals surface area contributed by atoms with Crippen LogP contribution in [0.25, 0.3) is 10.9 Å². The third kappa shape index (κ3) is 3.92. The summed E-state index contributed by atoms with van der Waals surface area (Å²) >= 11 is 3.65. The van der Waals surface area contributed by atoms with E-state index in [1.54, 1.807) is 31.3 Å². The predicted octanol–water partition coefficient (Wildman–Crippen LogP) is 3.84. The summed E-state index contributed by atoms with van der Waals surface area (Å²) < 4.78 is 52.0. The maximum absolute atomic E-state index is 12.6. The molecule has 1 heterocycles. The van der Waals surface area contributed by atoms with E-state index in [4.69, 9.17) is 20.3 Å². The highest BCUT2D eigenvalue weighted by Crippen LogP contribution is 2.30. The molecule has 138 valence electrons. The standard InChI is InChI=1S/C16H15ClN2O5S2/c1-10(24-25(20)21)11-5-7-12(8-6-11)26(22,23)19-15-4-2-3-13-14(17)9-18-16(13)15/h2-10,18-19H,1H3,(H,20,21). The van der Waals surface area contributed by atoms with Gasteiger partial charge in [-0.3, -0.25) is 13.5 Å². The van der Waals surface area contributed by atoms with Crippen LogP contribution in [0.1, 0.15) is 18.6 Å². The van der Waals surface area contributed by atoms with Gasteiger partial charge in [0.05, 0.1) is 27.2 Å². The Bertz CT molecular complexity index is 1060. The predicted molar refractivity (Wildman–Crippen MR) is 101 cm³/mol. The number of anilines is 1. The number of hydrogen-bond acceptors (Lipinski definition) is 4. The highest BCUT2D eigenvalue weighted by molar-refractivity contribution is 7.92. The van der Waals surface area contributed by atoms with E-state index in [2.05, 4.69) is 9.71 Å². The Balaban J connectivity index is 1.87. The zero-order chi connectivity index (χ0) is 18.9. The van der Waals surface area contributed by atoms with E-state index in [-0.39, 0.29) is 4.90 Å². The van der Waals surface area contributed by atoms with Gasteiger partial charge in [0.2, 0.25) is 0 Å². The van der Waals surface area contributed by atoms with E-state index in [1.165, 1.54) is 24.3 Å². The third-order valence-electron chi connectivity index (χ3n) is 3.80. The van der Waals surface area contributed by atoms with Gasteiger partial charge in [-0.25, -0.2) is 8.42 Å². The summed E-state index contributed by atoms with van der Waals surface area (Å²) in [5, 5.41) is 1.21. The molecule has 0 aliphatic heterocycles. The fraction of sp³-hybridized carbons (Fsp3) is 0.125. The Kier molecular flexibility index (Phi) is 5.35. The van der Waals surface area contributed by atoms with E-state index >= 15 is 0 Å². The van der Waals surface area contributed by atoms with Crippen LogP contribution in [0.15, 0.2) is 53.6 Å². The molecule has 0 saturated carbocycles. The zero-order valence-corrected chi connectivity index (χ0v) is 15.9. The van der Waals surface area contributed by atoms with E-state index < -0.39 is 27.5 Å². The van der Waals surface area contributed by atoms with Crippen LogP contribution in [0.3, 0.4) is 0 Å². The normalized spacial score (nSPS) is 14.3. The first-order valence-corrected chi connectivity index (χ1v) is 10.3. The molecule has 0 radical (unpaired) electrons. The smallest absolute Gasteiger partial charge is 0.302 e. The number of benzene rings is 2. The number of hydrogen-bond donors (Lipinski definition) is 3. The van der Waals surface area contributed by atoms with Crippen LogP contribution in [-0.2, 0) is 25.6 Å². The second-order valence-electron chi connectivity index (χ2n) is 5.49. The average Bonchev–Trinajstić information content (AvgIpc) is 2.97. The van der Waals surface area contributed by atoms with Crippen molar-refractivity contribution in [1.82, 2.24) is 4.98 Å². The Hall–Kier alpha value is -1.91. The first-order chi connectivity index (χ1) is 12.3. The number of para-hydroxylation sites is 1. The van der Waals surface area contributed by atoms with Crippen molar-refractivity contribution in [3.05, 3.63) is 59.2 Å². The molecule has 3 rings (SSSR count). The first-order valence-electron chi connectivity index (χ1n) is 7.44. The van der Waals surface area contributed by atoms with Gasteiger partial charge >= 0.3 is 11.4 Å². The molecule has 0 spiro atoms. The Morgan fingerprint density at radius 3 is 2.58 bits per heavy atom. The highest BCUT2D eigenvalue weighted by Gasteiger charge is 2.18. The van der Waals surface area contributed by atoms with Crippen LogP contribution in [0.2, 0.25) is 5.02 Å². The minimum absolute atomic E-state index is 0.0493. The van der Waals surface area contributed by atoms with Gasteiger partial charge in [0.25, 0.3) is 10.0 Å². The summed E-state index contributed by atoms with van der Waals surface area (Å²) in [7, 11) is -3.82. The number of fused-ring (bicyclic) bond motifs is 1. The number of H-pyrrole nitrogens is 1. The van der Waals surface area contributed by atoms with E-state index in [0.717, 1.165) is 0 Å². The Morgan fingerprint density at radius 2 is 1.92 bits per heavy atom. The van der Waals surface area contributed by atoms with Gasteiger partial charge in [-0.05, 0) is 30.7 Å². The molecule has 0 bridgehead atoms. The minimum Gasteiger partial charge on any atom is -0.358 e. The Labute approximate surface area is 157 Å². The maximum atomic E-state index is 12.6. The largest absolute Gasteiger partial charge is 0.358 e. The lowest BCUT2D eigenvalue weighted by Crippen LogP contribution is -2.13. The number of rotatable bonds is 6. The lowest BCUT2D eigenvalue weighted by Gasteiger charge is -2.12. The number of nitrogens with one attached hydrogen (secondary N) is 2. The number of halogens is 1. The second kappa shape index (κ2) is 7.37. The number of sulfonamides is 1. The quantitative estimate of drug-likeness (QED) is 0.531. The fourth-order valence-corrected chi connectivity index (χ4v) is 4.15. The Morgan fingerprint density at radius 1 is 1.23 bits per heavy atom. The summed E-state index contributed by atoms with van der Waals surface area (Å²) in [5.74, 6) is 0. The van der Waals surface area contributed by atoms with Gasteiger partial charge < -0.3 is 4.98 Å². The number of aromatic amines is 1. The van der Waals surface area contributed by atoms with Crippen LogP contribution < -0.4 is 4.72 Å². The van der Waals surface area contributed by atoms with Crippen molar-refractivity contribution in [2.24, 2.45) is 0 Å². The van der Waals surface area contributed by atoms with Crippen molar-refractivity contribution >= 4 is 49.6 Å². The molecule has 0 saturated heterocycles. The number of aromatic nitrogens is 1. The average molecular weight is 415 g/mol. The summed E-state index contributed by atoms with van der Waals surface area (Å²) in [4.78, 5) is 2.99. The van der Waals surface area contributed by atoms with E-state index in [1.807, 2.05) is 0 Å².